The van der Waals surface area contributed by atoms with E-state index in [0.717, 1.165) is 91.1 Å². The molecule has 6 atom stereocenters. The summed E-state index contributed by atoms with van der Waals surface area (Å²) in [5.41, 5.74) is 21.9. The molecule has 0 radical (unpaired) electrons. The summed E-state index contributed by atoms with van der Waals surface area (Å²) in [4.78, 5) is 47.1. The van der Waals surface area contributed by atoms with Crippen molar-refractivity contribution in [3.8, 4) is 0 Å². The van der Waals surface area contributed by atoms with Gasteiger partial charge in [-0.3, -0.25) is 0 Å². The minimum atomic E-state index is -2.20. The van der Waals surface area contributed by atoms with E-state index in [2.05, 4.69) is 258 Å². The van der Waals surface area contributed by atoms with Crippen LogP contribution in [0.1, 0.15) is 87.3 Å². The van der Waals surface area contributed by atoms with Gasteiger partial charge in [-0.25, -0.2) is 24.9 Å². The average Bonchev–Trinajstić information content (AvgIpc) is 1.60. The smallest absolute Gasteiger partial charge is 0.178 e. The first kappa shape index (κ1) is 69.4. The van der Waals surface area contributed by atoms with E-state index in [-0.39, 0.29) is 37.0 Å². The average molecular weight is 1580 g/mol. The number of pyridine rings is 3. The number of fused-ring (bicyclic) bond motifs is 5. The minimum Gasteiger partial charge on any atom is -0.359 e. The third-order valence-electron chi connectivity index (χ3n) is 22.6. The Balaban J connectivity index is 0.000000118. The number of rotatable bonds is 9. The van der Waals surface area contributed by atoms with Gasteiger partial charge in [-0.15, -0.1) is 0 Å². The minimum absolute atomic E-state index is 0.107. The SMILES string of the molecule is Cc1ccccc1N1c2cccnc2N(c2ccccc2)[C@@H]1C.Cc1ccccc1N1c2ncccc2N(c2ccccc2)[C@@H]1C.Cc1ccccc1N1c2nccnc2N(c2ccccc2)[C@@H]1C.[2H]C([2H])([2H])N1C=CN(c2ccccc2C)[C@H]1C.[2H]C([2H])([2H])N1c2ccccc2N(c2ccccc2C)[C@H]1C.[2H]C([2H])([2H])N1c2cccnc2N(c2ccccc2C)[C@H]1C. The van der Waals surface area contributed by atoms with Crippen molar-refractivity contribution in [2.24, 2.45) is 0 Å². The van der Waals surface area contributed by atoms with E-state index in [1.165, 1.54) is 54.1 Å². The van der Waals surface area contributed by atoms with E-state index >= 15 is 0 Å². The number of aromatic nitrogens is 5. The lowest BCUT2D eigenvalue weighted by molar-refractivity contribution is 0.383. The van der Waals surface area contributed by atoms with E-state index in [9.17, 15) is 0 Å². The van der Waals surface area contributed by atoms with Gasteiger partial charge in [-0.05, 0) is 238 Å². The van der Waals surface area contributed by atoms with Crippen LogP contribution in [-0.2, 0) is 0 Å². The second-order valence-corrected chi connectivity index (χ2v) is 30.1. The molecule has 14 aromatic rings. The first-order chi connectivity index (χ1) is 61.5. The Labute approximate surface area is 716 Å². The third kappa shape index (κ3) is 16.0. The second-order valence-electron chi connectivity index (χ2n) is 30.1. The van der Waals surface area contributed by atoms with E-state index in [0.29, 0.717) is 11.5 Å². The summed E-state index contributed by atoms with van der Waals surface area (Å²) < 4.78 is 69.2. The Kier molecular flexibility index (Phi) is 20.8. The van der Waals surface area contributed by atoms with Crippen molar-refractivity contribution in [3.63, 3.8) is 0 Å². The lowest BCUT2D eigenvalue weighted by Crippen LogP contribution is -2.36. The zero-order valence-corrected chi connectivity index (χ0v) is 69.4. The quantitative estimate of drug-likeness (QED) is 0.137. The molecular weight excluding hydrogens is 1460 g/mol. The summed E-state index contributed by atoms with van der Waals surface area (Å²) in [5, 5.41) is 0. The molecule has 0 bridgehead atoms. The molecule has 0 aliphatic carbocycles. The van der Waals surface area contributed by atoms with Crippen LogP contribution in [0.5, 0.6) is 0 Å². The highest BCUT2D eigenvalue weighted by atomic mass is 15.5. The predicted octanol–water partition coefficient (Wildman–Crippen LogP) is 24.3. The van der Waals surface area contributed by atoms with Gasteiger partial charge in [0.1, 0.15) is 37.0 Å². The maximum absolute atomic E-state index is 7.83. The summed E-state index contributed by atoms with van der Waals surface area (Å²) >= 11 is 0. The Morgan fingerprint density at radius 1 is 0.210 bits per heavy atom. The molecule has 6 aliphatic rings. The number of hydrogen-bond acceptors (Lipinski definition) is 17. The van der Waals surface area contributed by atoms with Gasteiger partial charge in [0.2, 0.25) is 0 Å². The van der Waals surface area contributed by atoms with Gasteiger partial charge < -0.3 is 58.8 Å². The Hall–Kier alpha value is -13.9. The van der Waals surface area contributed by atoms with Crippen molar-refractivity contribution in [1.29, 1.82) is 0 Å². The largest absolute Gasteiger partial charge is 0.359 e. The zero-order chi connectivity index (χ0) is 90.5. The molecule has 119 heavy (non-hydrogen) atoms. The number of para-hydroxylation sites is 11. The van der Waals surface area contributed by atoms with Crippen molar-refractivity contribution < 1.29 is 12.3 Å². The molecule has 17 nitrogen and oxygen atoms in total. The monoisotopic (exact) mass is 1580 g/mol. The number of nitrogens with zero attached hydrogens (tertiary/aromatic N) is 17. The van der Waals surface area contributed by atoms with Crippen LogP contribution in [-0.4, -0.2) is 87.7 Å². The molecule has 0 fully saturated rings. The highest BCUT2D eigenvalue weighted by molar-refractivity contribution is 5.90. The van der Waals surface area contributed by atoms with Gasteiger partial charge in [0.15, 0.2) is 29.1 Å². The molecule has 600 valence electrons. The third-order valence-corrected chi connectivity index (χ3v) is 22.6. The van der Waals surface area contributed by atoms with Crippen molar-refractivity contribution in [2.75, 3.05) is 74.8 Å². The molecule has 0 saturated carbocycles. The number of aryl methyl sites for hydroxylation is 6. The Bertz CT molecular complexity index is 5730. The first-order valence-electron chi connectivity index (χ1n) is 45.0. The molecule has 20 rings (SSSR count). The molecule has 0 N–H and O–H groups in total. The number of hydrogen-bond donors (Lipinski definition) is 0. The van der Waals surface area contributed by atoms with Crippen LogP contribution in [0.25, 0.3) is 0 Å². The van der Waals surface area contributed by atoms with Gasteiger partial charge in [-0.1, -0.05) is 176 Å². The van der Waals surface area contributed by atoms with Gasteiger partial charge in [-0.2, -0.15) is 0 Å². The van der Waals surface area contributed by atoms with Crippen molar-refractivity contribution >= 4 is 109 Å². The maximum Gasteiger partial charge on any atom is 0.178 e. The molecule has 0 saturated heterocycles. The summed E-state index contributed by atoms with van der Waals surface area (Å²) in [7, 11) is 0. The maximum atomic E-state index is 7.83. The highest BCUT2D eigenvalue weighted by Gasteiger charge is 2.41. The predicted molar refractivity (Wildman–Crippen MR) is 498 cm³/mol. The summed E-state index contributed by atoms with van der Waals surface area (Å²) in [6.07, 6.45) is 12.1. The molecule has 10 aromatic carbocycles. The second kappa shape index (κ2) is 35.7. The van der Waals surface area contributed by atoms with Gasteiger partial charge >= 0.3 is 0 Å². The zero-order valence-electron chi connectivity index (χ0n) is 78.4. The first-order valence-corrected chi connectivity index (χ1v) is 40.5. The van der Waals surface area contributed by atoms with Crippen LogP contribution in [0.3, 0.4) is 0 Å². The standard InChI is InChI=1S/2C20H19N3.C19H18N4.C16H18N2.C15H17N3.C12H16N2/c1-15-9-6-7-12-18(15)23-16(2)22(17-10-4-3-5-11-17)20-19(23)13-8-14-21-20;1-15-9-6-7-12-18(15)23-16(2)22(17-10-4-3-5-11-17)19-13-8-14-21-20(19)23;1-14-8-6-7-11-17(14)23-15(2)22(16-9-4-3-5-10-16)18-19(23)21-13-12-20-18;1-12-8-4-5-9-14(12)18-13(2)17(3)15-10-6-7-11-16(15)18;1-11-7-4-5-8-13(11)18-12(2)17(3)14-9-6-10-16-15(14)18;1-10-6-4-5-7-12(10)14-9-8-13(3)11(14)2/h2*3-14,16H,1-2H3;3-13,15H,1-2H3;4-11,13H,1-3H3;4-10,12H,1-3H3;4-9,11H,1-3H3/t2*16-;15-;13-;12-;11-/m000000/s1/i;;;3*3D3. The fraction of sp³-hybridized carbons (Fsp3) is 0.206. The van der Waals surface area contributed by atoms with E-state index in [1.807, 2.05) is 203 Å². The van der Waals surface area contributed by atoms with Crippen molar-refractivity contribution in [2.45, 2.75) is 120 Å². The molecular formula is C102H107N17. The van der Waals surface area contributed by atoms with Crippen LogP contribution in [0.15, 0.2) is 341 Å². The molecule has 6 aliphatic heterocycles. The van der Waals surface area contributed by atoms with Crippen LogP contribution in [0, 0.1) is 41.5 Å². The van der Waals surface area contributed by atoms with E-state index in [1.54, 1.807) is 30.9 Å². The molecule has 0 unspecified atom stereocenters. The fourth-order valence-corrected chi connectivity index (χ4v) is 16.5. The Morgan fingerprint density at radius 3 is 0.916 bits per heavy atom. The van der Waals surface area contributed by atoms with Crippen LogP contribution < -0.4 is 53.9 Å². The van der Waals surface area contributed by atoms with Crippen LogP contribution in [0.2, 0.25) is 0 Å². The lowest BCUT2D eigenvalue weighted by atomic mass is 10.1. The lowest BCUT2D eigenvalue weighted by Gasteiger charge is -2.30. The summed E-state index contributed by atoms with van der Waals surface area (Å²) in [6, 6.07) is 100. The molecule has 17 heteroatoms. The molecule has 10 heterocycles. The van der Waals surface area contributed by atoms with Crippen molar-refractivity contribution in [1.82, 2.24) is 29.8 Å². The molecule has 0 amide bonds. The normalized spacial score (nSPS) is 18.9. The topological polar surface area (TPSA) is 103 Å². The van der Waals surface area contributed by atoms with Gasteiger partial charge in [0.05, 0.1) is 28.4 Å². The Morgan fingerprint density at radius 2 is 0.487 bits per heavy atom. The number of benzene rings is 10. The summed E-state index contributed by atoms with van der Waals surface area (Å²) in [6.45, 7) is 18.4. The number of anilines is 19. The van der Waals surface area contributed by atoms with Gasteiger partial charge in [0, 0.05) is 128 Å². The molecule has 4 aromatic heterocycles. The summed E-state index contributed by atoms with van der Waals surface area (Å²) in [5.74, 6) is 4.51. The van der Waals surface area contributed by atoms with Crippen LogP contribution in [0.4, 0.5) is 109 Å². The van der Waals surface area contributed by atoms with E-state index in [4.69, 9.17) is 12.3 Å². The van der Waals surface area contributed by atoms with Crippen molar-refractivity contribution in [3.05, 3.63) is 374 Å². The fourth-order valence-electron chi connectivity index (χ4n) is 16.5. The van der Waals surface area contributed by atoms with Gasteiger partial charge in [0.25, 0.3) is 0 Å². The van der Waals surface area contributed by atoms with E-state index < -0.39 is 20.9 Å². The highest BCUT2D eigenvalue weighted by Crippen LogP contribution is 2.51. The van der Waals surface area contributed by atoms with Crippen LogP contribution >= 0.6 is 0 Å². The molecule has 0 spiro atoms.